The molecule has 2 aromatic heterocycles. The predicted octanol–water partition coefficient (Wildman–Crippen LogP) is 7.12. The van der Waals surface area contributed by atoms with Gasteiger partial charge in [-0.3, -0.25) is 4.57 Å². The maximum atomic E-state index is 14.9. The van der Waals surface area contributed by atoms with Gasteiger partial charge in [0.25, 0.3) is 0 Å². The lowest BCUT2D eigenvalue weighted by molar-refractivity contribution is 0.278. The van der Waals surface area contributed by atoms with Crippen molar-refractivity contribution in [3.05, 3.63) is 77.0 Å². The number of anilines is 1. The van der Waals surface area contributed by atoms with E-state index in [4.69, 9.17) is 4.98 Å². The van der Waals surface area contributed by atoms with Gasteiger partial charge in [0, 0.05) is 23.7 Å². The van der Waals surface area contributed by atoms with E-state index in [0.29, 0.717) is 5.56 Å². The van der Waals surface area contributed by atoms with Crippen molar-refractivity contribution in [1.29, 1.82) is 0 Å². The second-order valence-electron chi connectivity index (χ2n) is 10.3. The SMILES string of the molecule is CC(C)c1ncc2n1-c1ncccc1NC21CCC(C(=C2CCC2)c2ccc(F)cc2F)CC1. The Balaban J connectivity index is 1.36. The number of imidazole rings is 1. The second kappa shape index (κ2) is 8.03. The summed E-state index contributed by atoms with van der Waals surface area (Å²) in [5.41, 5.74) is 5.07. The zero-order valence-electron chi connectivity index (χ0n) is 19.7. The van der Waals surface area contributed by atoms with Crippen molar-refractivity contribution in [3.63, 3.8) is 0 Å². The first-order valence-corrected chi connectivity index (χ1v) is 12.5. The van der Waals surface area contributed by atoms with Gasteiger partial charge < -0.3 is 5.32 Å². The molecule has 2 aliphatic carbocycles. The van der Waals surface area contributed by atoms with Gasteiger partial charge in [0.15, 0.2) is 5.82 Å². The van der Waals surface area contributed by atoms with Crippen molar-refractivity contribution in [2.75, 3.05) is 5.32 Å². The number of pyridine rings is 1. The predicted molar refractivity (Wildman–Crippen MR) is 130 cm³/mol. The van der Waals surface area contributed by atoms with Gasteiger partial charge in [0.05, 0.1) is 23.1 Å². The highest BCUT2D eigenvalue weighted by Gasteiger charge is 2.45. The summed E-state index contributed by atoms with van der Waals surface area (Å²) in [6, 6.07) is 8.12. The number of halogens is 2. The number of nitrogens with zero attached hydrogens (tertiary/aromatic N) is 3. The monoisotopic (exact) mass is 460 g/mol. The van der Waals surface area contributed by atoms with Gasteiger partial charge in [-0.25, -0.2) is 18.7 Å². The normalized spacial score (nSPS) is 23.3. The molecule has 4 nitrogen and oxygen atoms in total. The van der Waals surface area contributed by atoms with Crippen LogP contribution in [-0.2, 0) is 5.54 Å². The average molecular weight is 461 g/mol. The zero-order chi connectivity index (χ0) is 23.4. The number of nitrogens with one attached hydrogen (secondary N) is 1. The average Bonchev–Trinajstić information content (AvgIpc) is 3.25. The summed E-state index contributed by atoms with van der Waals surface area (Å²) in [5.74, 6) is 1.55. The first kappa shape index (κ1) is 21.5. The van der Waals surface area contributed by atoms with E-state index in [1.54, 1.807) is 6.07 Å². The van der Waals surface area contributed by atoms with E-state index >= 15 is 0 Å². The van der Waals surface area contributed by atoms with E-state index in [1.165, 1.54) is 17.3 Å². The second-order valence-corrected chi connectivity index (χ2v) is 10.3. The van der Waals surface area contributed by atoms with Gasteiger partial charge in [-0.05, 0) is 80.7 Å². The van der Waals surface area contributed by atoms with E-state index in [1.807, 2.05) is 18.5 Å². The highest BCUT2D eigenvalue weighted by molar-refractivity contribution is 5.72. The quantitative estimate of drug-likeness (QED) is 0.453. The number of benzene rings is 1. The lowest BCUT2D eigenvalue weighted by Gasteiger charge is -2.45. The standard InChI is InChI=1S/C28H30F2N4/c1-17(2)26-32-16-24-28(33-23-7-4-14-31-27(23)34(24)26)12-10-19(11-13-28)25(18-5-3-6-18)21-9-8-20(29)15-22(21)30/h4,7-9,14-17,19,33H,3,5-6,10-13H2,1-2H3. The van der Waals surface area contributed by atoms with Crippen molar-refractivity contribution in [2.45, 2.75) is 70.3 Å². The van der Waals surface area contributed by atoms with Gasteiger partial charge in [0.1, 0.15) is 17.5 Å². The molecule has 6 heteroatoms. The highest BCUT2D eigenvalue weighted by atomic mass is 19.1. The molecule has 3 heterocycles. The smallest absolute Gasteiger partial charge is 0.161 e. The van der Waals surface area contributed by atoms with Crippen LogP contribution >= 0.6 is 0 Å². The fraction of sp³-hybridized carbons (Fsp3) is 0.429. The summed E-state index contributed by atoms with van der Waals surface area (Å²) >= 11 is 0. The third-order valence-electron chi connectivity index (χ3n) is 7.97. The summed E-state index contributed by atoms with van der Waals surface area (Å²) in [6.07, 6.45) is 10.8. The van der Waals surface area contributed by atoms with Crippen molar-refractivity contribution in [1.82, 2.24) is 14.5 Å². The van der Waals surface area contributed by atoms with Gasteiger partial charge in [-0.15, -0.1) is 0 Å². The molecule has 2 saturated carbocycles. The molecule has 34 heavy (non-hydrogen) atoms. The van der Waals surface area contributed by atoms with Gasteiger partial charge in [-0.1, -0.05) is 19.4 Å². The van der Waals surface area contributed by atoms with Crippen molar-refractivity contribution >= 4 is 11.3 Å². The van der Waals surface area contributed by atoms with E-state index in [0.717, 1.165) is 73.9 Å². The van der Waals surface area contributed by atoms with Crippen molar-refractivity contribution in [2.24, 2.45) is 5.92 Å². The molecule has 6 rings (SSSR count). The van der Waals surface area contributed by atoms with Crippen LogP contribution in [0.1, 0.15) is 81.8 Å². The molecule has 1 spiro atoms. The van der Waals surface area contributed by atoms with Crippen LogP contribution in [0, 0.1) is 17.6 Å². The molecular formula is C28H30F2N4. The number of fused-ring (bicyclic) bond motifs is 4. The number of rotatable bonds is 3. The molecule has 176 valence electrons. The number of aromatic nitrogens is 3. The summed E-state index contributed by atoms with van der Waals surface area (Å²) < 4.78 is 30.7. The molecule has 0 unspecified atom stereocenters. The molecule has 0 saturated heterocycles. The maximum Gasteiger partial charge on any atom is 0.161 e. The maximum absolute atomic E-state index is 14.9. The van der Waals surface area contributed by atoms with Gasteiger partial charge >= 0.3 is 0 Å². The number of hydrogen-bond donors (Lipinski definition) is 1. The topological polar surface area (TPSA) is 42.7 Å². The minimum absolute atomic E-state index is 0.219. The Morgan fingerprint density at radius 2 is 1.91 bits per heavy atom. The molecule has 1 N–H and O–H groups in total. The molecule has 0 radical (unpaired) electrons. The molecule has 0 bridgehead atoms. The van der Waals surface area contributed by atoms with Crippen LogP contribution in [0.25, 0.3) is 11.4 Å². The third-order valence-corrected chi connectivity index (χ3v) is 7.97. The Morgan fingerprint density at radius 1 is 1.12 bits per heavy atom. The number of allylic oxidation sites excluding steroid dienone is 2. The van der Waals surface area contributed by atoms with Crippen LogP contribution in [0.4, 0.5) is 14.5 Å². The fourth-order valence-corrected chi connectivity index (χ4v) is 6.14. The Kier molecular flexibility index (Phi) is 5.08. The molecular weight excluding hydrogens is 430 g/mol. The molecule has 1 aromatic carbocycles. The minimum atomic E-state index is -0.519. The van der Waals surface area contributed by atoms with Gasteiger partial charge in [-0.2, -0.15) is 0 Å². The third kappa shape index (κ3) is 3.29. The van der Waals surface area contributed by atoms with Gasteiger partial charge in [0.2, 0.25) is 0 Å². The van der Waals surface area contributed by atoms with Crippen LogP contribution in [0.2, 0.25) is 0 Å². The lowest BCUT2D eigenvalue weighted by atomic mass is 9.68. The number of hydrogen-bond acceptors (Lipinski definition) is 3. The summed E-state index contributed by atoms with van der Waals surface area (Å²) in [4.78, 5) is 9.48. The fourth-order valence-electron chi connectivity index (χ4n) is 6.14. The van der Waals surface area contributed by atoms with Crippen LogP contribution < -0.4 is 5.32 Å². The van der Waals surface area contributed by atoms with Crippen LogP contribution in [0.15, 0.2) is 48.3 Å². The molecule has 0 atom stereocenters. The van der Waals surface area contributed by atoms with E-state index < -0.39 is 11.6 Å². The Hall–Kier alpha value is -3.02. The van der Waals surface area contributed by atoms with Crippen molar-refractivity contribution in [3.8, 4) is 5.82 Å². The molecule has 2 fully saturated rings. The largest absolute Gasteiger partial charge is 0.371 e. The Labute approximate surface area is 199 Å². The summed E-state index contributed by atoms with van der Waals surface area (Å²) in [6.45, 7) is 4.33. The highest BCUT2D eigenvalue weighted by Crippen LogP contribution is 2.51. The van der Waals surface area contributed by atoms with Crippen LogP contribution in [-0.4, -0.2) is 14.5 Å². The van der Waals surface area contributed by atoms with E-state index in [2.05, 4.69) is 34.8 Å². The summed E-state index contributed by atoms with van der Waals surface area (Å²) in [7, 11) is 0. The van der Waals surface area contributed by atoms with E-state index in [-0.39, 0.29) is 17.4 Å². The van der Waals surface area contributed by atoms with E-state index in [9.17, 15) is 8.78 Å². The zero-order valence-corrected chi connectivity index (χ0v) is 19.7. The van der Waals surface area contributed by atoms with Crippen LogP contribution in [0.3, 0.4) is 0 Å². The summed E-state index contributed by atoms with van der Waals surface area (Å²) in [5, 5.41) is 3.83. The lowest BCUT2D eigenvalue weighted by Crippen LogP contribution is -2.44. The Bertz CT molecular complexity index is 1280. The van der Waals surface area contributed by atoms with Crippen LogP contribution in [0.5, 0.6) is 0 Å². The first-order valence-electron chi connectivity index (χ1n) is 12.5. The minimum Gasteiger partial charge on any atom is -0.371 e. The molecule has 1 aliphatic heterocycles. The Morgan fingerprint density at radius 3 is 2.59 bits per heavy atom. The first-order chi connectivity index (χ1) is 16.5. The van der Waals surface area contributed by atoms with Crippen molar-refractivity contribution < 1.29 is 8.78 Å². The molecule has 3 aromatic rings. The molecule has 3 aliphatic rings. The molecule has 0 amide bonds.